The summed E-state index contributed by atoms with van der Waals surface area (Å²) >= 11 is 1.99. The van der Waals surface area contributed by atoms with Crippen LogP contribution in [0.25, 0.3) is 0 Å². The summed E-state index contributed by atoms with van der Waals surface area (Å²) in [6.07, 6.45) is 10.6. The lowest BCUT2D eigenvalue weighted by Gasteiger charge is -2.50. The first-order valence-electron chi connectivity index (χ1n) is 7.67. The van der Waals surface area contributed by atoms with Crippen LogP contribution in [0.5, 0.6) is 0 Å². The number of hydrogen-bond donors (Lipinski definition) is 0. The van der Waals surface area contributed by atoms with Gasteiger partial charge in [-0.15, -0.1) is 0 Å². The molecule has 0 N–H and O–H groups in total. The molecule has 0 aromatic heterocycles. The van der Waals surface area contributed by atoms with E-state index in [0.717, 1.165) is 0 Å². The van der Waals surface area contributed by atoms with E-state index in [1.54, 1.807) is 5.56 Å². The standard InChI is InChI=1S/C18H28S/c1-17(12-8-5-9-13-17)18(2,14-15-19-3)16-10-6-4-7-11-16/h4,6-7,10-11H,5,8-9,12-15H2,1-3H3/t18-/m1/s1. The number of hydrogen-bond acceptors (Lipinski definition) is 1. The molecule has 1 aromatic carbocycles. The Hall–Kier alpha value is -0.430. The van der Waals surface area contributed by atoms with Gasteiger partial charge in [0.1, 0.15) is 0 Å². The van der Waals surface area contributed by atoms with Crippen molar-refractivity contribution in [2.75, 3.05) is 12.0 Å². The minimum Gasteiger partial charge on any atom is -0.165 e. The van der Waals surface area contributed by atoms with Crippen molar-refractivity contribution < 1.29 is 0 Å². The van der Waals surface area contributed by atoms with Crippen molar-refractivity contribution in [1.82, 2.24) is 0 Å². The molecule has 1 atom stereocenters. The van der Waals surface area contributed by atoms with Gasteiger partial charge in [0.15, 0.2) is 0 Å². The maximum Gasteiger partial charge on any atom is -0.00137 e. The Morgan fingerprint density at radius 2 is 1.74 bits per heavy atom. The van der Waals surface area contributed by atoms with Crippen LogP contribution in [0.2, 0.25) is 0 Å². The van der Waals surface area contributed by atoms with Gasteiger partial charge >= 0.3 is 0 Å². The minimum atomic E-state index is 0.331. The van der Waals surface area contributed by atoms with Crippen LogP contribution >= 0.6 is 11.8 Å². The monoisotopic (exact) mass is 276 g/mol. The molecule has 1 fully saturated rings. The zero-order valence-corrected chi connectivity index (χ0v) is 13.6. The highest BCUT2D eigenvalue weighted by Crippen LogP contribution is 2.53. The fourth-order valence-electron chi connectivity index (χ4n) is 3.79. The molecule has 0 nitrogen and oxygen atoms in total. The molecule has 2 rings (SSSR count). The zero-order chi connectivity index (χ0) is 13.8. The molecule has 1 aromatic rings. The maximum atomic E-state index is 2.54. The van der Waals surface area contributed by atoms with Crippen molar-refractivity contribution in [2.24, 2.45) is 5.41 Å². The maximum absolute atomic E-state index is 2.54. The van der Waals surface area contributed by atoms with Crippen molar-refractivity contribution in [1.29, 1.82) is 0 Å². The number of benzene rings is 1. The molecule has 0 saturated heterocycles. The molecule has 0 spiro atoms. The predicted molar refractivity (Wildman–Crippen MR) is 88.0 cm³/mol. The Kier molecular flexibility index (Phi) is 5.00. The lowest BCUT2D eigenvalue weighted by atomic mass is 9.55. The molecule has 0 amide bonds. The smallest absolute Gasteiger partial charge is 0.00137 e. The molecule has 1 saturated carbocycles. The van der Waals surface area contributed by atoms with Crippen LogP contribution in [0.15, 0.2) is 30.3 Å². The van der Waals surface area contributed by atoms with Gasteiger partial charge in [0.25, 0.3) is 0 Å². The van der Waals surface area contributed by atoms with Crippen molar-refractivity contribution in [2.45, 2.75) is 57.8 Å². The van der Waals surface area contributed by atoms with Crippen molar-refractivity contribution >= 4 is 11.8 Å². The summed E-state index contributed by atoms with van der Waals surface area (Å²) in [5.41, 5.74) is 2.36. The Labute approximate surface area is 123 Å². The first-order chi connectivity index (χ1) is 9.12. The molecule has 1 aliphatic rings. The van der Waals surface area contributed by atoms with Crippen LogP contribution in [-0.4, -0.2) is 12.0 Å². The zero-order valence-electron chi connectivity index (χ0n) is 12.7. The second-order valence-corrected chi connectivity index (χ2v) is 7.55. The highest BCUT2D eigenvalue weighted by molar-refractivity contribution is 7.98. The first kappa shape index (κ1) is 15.0. The van der Waals surface area contributed by atoms with Crippen LogP contribution in [0.1, 0.15) is 57.9 Å². The van der Waals surface area contributed by atoms with Crippen molar-refractivity contribution in [3.63, 3.8) is 0 Å². The lowest BCUT2D eigenvalue weighted by molar-refractivity contribution is 0.0913. The Morgan fingerprint density at radius 1 is 1.11 bits per heavy atom. The summed E-state index contributed by atoms with van der Waals surface area (Å²) in [6, 6.07) is 11.2. The Morgan fingerprint density at radius 3 is 2.32 bits per heavy atom. The molecule has 106 valence electrons. The Bertz CT molecular complexity index is 378. The van der Waals surface area contributed by atoms with Crippen LogP contribution in [0, 0.1) is 5.41 Å². The van der Waals surface area contributed by atoms with E-state index in [4.69, 9.17) is 0 Å². The van der Waals surface area contributed by atoms with Gasteiger partial charge in [0, 0.05) is 0 Å². The van der Waals surface area contributed by atoms with Crippen LogP contribution in [0.4, 0.5) is 0 Å². The van der Waals surface area contributed by atoms with E-state index in [-0.39, 0.29) is 0 Å². The highest BCUT2D eigenvalue weighted by atomic mass is 32.2. The number of rotatable bonds is 5. The molecule has 0 radical (unpaired) electrons. The van der Waals surface area contributed by atoms with Crippen LogP contribution in [0.3, 0.4) is 0 Å². The third kappa shape index (κ3) is 3.02. The summed E-state index contributed by atoms with van der Waals surface area (Å²) in [5.74, 6) is 1.26. The normalized spacial score (nSPS) is 21.8. The van der Waals surface area contributed by atoms with E-state index in [1.807, 2.05) is 11.8 Å². The van der Waals surface area contributed by atoms with Crippen molar-refractivity contribution in [3.05, 3.63) is 35.9 Å². The van der Waals surface area contributed by atoms with Gasteiger partial charge < -0.3 is 0 Å². The average molecular weight is 276 g/mol. The third-order valence-electron chi connectivity index (χ3n) is 5.51. The summed E-state index contributed by atoms with van der Waals surface area (Å²) in [6.45, 7) is 5.06. The number of thioether (sulfide) groups is 1. The molecule has 19 heavy (non-hydrogen) atoms. The summed E-state index contributed by atoms with van der Waals surface area (Å²) < 4.78 is 0. The fraction of sp³-hybridized carbons (Fsp3) is 0.667. The second kappa shape index (κ2) is 6.35. The van der Waals surface area contributed by atoms with Gasteiger partial charge in [0.2, 0.25) is 0 Å². The SMILES string of the molecule is CSCC[C@](C)(c1ccccc1)C1(C)CCCCC1. The molecule has 0 bridgehead atoms. The topological polar surface area (TPSA) is 0 Å². The summed E-state index contributed by atoms with van der Waals surface area (Å²) in [5, 5.41) is 0. The molecule has 0 aliphatic heterocycles. The van der Waals surface area contributed by atoms with E-state index in [0.29, 0.717) is 10.8 Å². The molecule has 1 heteroatoms. The predicted octanol–water partition coefficient (Wildman–Crippen LogP) is 5.67. The van der Waals surface area contributed by atoms with Crippen LogP contribution < -0.4 is 0 Å². The molecule has 0 heterocycles. The van der Waals surface area contributed by atoms with E-state index in [1.165, 1.54) is 44.3 Å². The molecule has 0 unspecified atom stereocenters. The highest BCUT2D eigenvalue weighted by Gasteiger charge is 2.45. The van der Waals surface area contributed by atoms with Gasteiger partial charge in [-0.3, -0.25) is 0 Å². The summed E-state index contributed by atoms with van der Waals surface area (Å²) in [4.78, 5) is 0. The largest absolute Gasteiger partial charge is 0.165 e. The third-order valence-corrected chi connectivity index (χ3v) is 6.12. The fourth-order valence-corrected chi connectivity index (χ4v) is 4.40. The van der Waals surface area contributed by atoms with Gasteiger partial charge in [0.05, 0.1) is 0 Å². The van der Waals surface area contributed by atoms with E-state index in [9.17, 15) is 0 Å². The molecular formula is C18H28S. The lowest BCUT2D eigenvalue weighted by Crippen LogP contribution is -2.43. The van der Waals surface area contributed by atoms with Gasteiger partial charge in [-0.2, -0.15) is 11.8 Å². The van der Waals surface area contributed by atoms with E-state index >= 15 is 0 Å². The van der Waals surface area contributed by atoms with Gasteiger partial charge in [-0.05, 0) is 47.7 Å². The Balaban J connectivity index is 2.33. The molecular weight excluding hydrogens is 248 g/mol. The molecule has 1 aliphatic carbocycles. The van der Waals surface area contributed by atoms with Crippen molar-refractivity contribution in [3.8, 4) is 0 Å². The van der Waals surface area contributed by atoms with E-state index < -0.39 is 0 Å². The van der Waals surface area contributed by atoms with Gasteiger partial charge in [-0.25, -0.2) is 0 Å². The second-order valence-electron chi connectivity index (χ2n) is 6.56. The minimum absolute atomic E-state index is 0.331. The van der Waals surface area contributed by atoms with Crippen LogP contribution in [-0.2, 0) is 5.41 Å². The van der Waals surface area contributed by atoms with Gasteiger partial charge in [-0.1, -0.05) is 63.4 Å². The quantitative estimate of drug-likeness (QED) is 0.668. The average Bonchev–Trinajstić information content (AvgIpc) is 2.46. The van der Waals surface area contributed by atoms with E-state index in [2.05, 4.69) is 50.4 Å². The summed E-state index contributed by atoms with van der Waals surface area (Å²) in [7, 11) is 0. The first-order valence-corrected chi connectivity index (χ1v) is 9.06.